The topological polar surface area (TPSA) is 54.5 Å². The zero-order valence-electron chi connectivity index (χ0n) is 13.3. The van der Waals surface area contributed by atoms with E-state index in [1.165, 1.54) is 0 Å². The molecule has 1 amide bonds. The fourth-order valence-corrected chi connectivity index (χ4v) is 2.71. The summed E-state index contributed by atoms with van der Waals surface area (Å²) in [5, 5.41) is 3.23. The van der Waals surface area contributed by atoms with Crippen molar-refractivity contribution in [3.8, 4) is 5.75 Å². The van der Waals surface area contributed by atoms with E-state index in [1.807, 2.05) is 42.2 Å². The Hall–Kier alpha value is -2.56. The molecule has 1 aromatic heterocycles. The van der Waals surface area contributed by atoms with Crippen molar-refractivity contribution in [3.05, 3.63) is 48.2 Å². The first-order chi connectivity index (χ1) is 11.3. The normalized spacial score (nSPS) is 13.9. The lowest BCUT2D eigenvalue weighted by atomic mass is 10.2. The van der Waals surface area contributed by atoms with E-state index in [0.717, 1.165) is 37.4 Å². The van der Waals surface area contributed by atoms with Crippen LogP contribution in [0.5, 0.6) is 5.75 Å². The highest BCUT2D eigenvalue weighted by Crippen LogP contribution is 2.23. The van der Waals surface area contributed by atoms with Crippen LogP contribution in [0.4, 0.5) is 11.5 Å². The molecule has 5 heteroatoms. The molecule has 5 nitrogen and oxygen atoms in total. The number of benzene rings is 1. The minimum atomic E-state index is 0.0454. The molecule has 1 aromatic carbocycles. The Bertz CT molecular complexity index is 664. The van der Waals surface area contributed by atoms with Gasteiger partial charge in [-0.2, -0.15) is 0 Å². The first-order valence-corrected chi connectivity index (χ1v) is 8.02. The lowest BCUT2D eigenvalue weighted by Crippen LogP contribution is -2.28. The maximum atomic E-state index is 12.6. The number of hydrogen-bond donors (Lipinski definition) is 1. The number of likely N-dealkylation sites (tertiary alicyclic amines) is 1. The predicted molar refractivity (Wildman–Crippen MR) is 90.3 cm³/mol. The predicted octanol–water partition coefficient (Wildman–Crippen LogP) is 3.46. The van der Waals surface area contributed by atoms with Crippen molar-refractivity contribution in [3.63, 3.8) is 0 Å². The van der Waals surface area contributed by atoms with Gasteiger partial charge in [0.15, 0.2) is 0 Å². The third kappa shape index (κ3) is 3.62. The minimum Gasteiger partial charge on any atom is -0.494 e. The molecule has 0 aliphatic carbocycles. The van der Waals surface area contributed by atoms with Gasteiger partial charge in [0.05, 0.1) is 12.2 Å². The van der Waals surface area contributed by atoms with Crippen LogP contribution in [0.25, 0.3) is 0 Å². The number of anilines is 2. The number of nitrogens with one attached hydrogen (secondary N) is 1. The van der Waals surface area contributed by atoms with Crippen LogP contribution < -0.4 is 10.1 Å². The van der Waals surface area contributed by atoms with Crippen LogP contribution >= 0.6 is 0 Å². The number of hydrogen-bond acceptors (Lipinski definition) is 4. The summed E-state index contributed by atoms with van der Waals surface area (Å²) >= 11 is 0. The summed E-state index contributed by atoms with van der Waals surface area (Å²) in [6.45, 7) is 4.25. The van der Waals surface area contributed by atoms with Crippen molar-refractivity contribution in [2.45, 2.75) is 19.8 Å². The molecular formula is C18H21N3O2. The van der Waals surface area contributed by atoms with Crippen LogP contribution in [-0.2, 0) is 0 Å². The number of rotatable bonds is 5. The van der Waals surface area contributed by atoms with Gasteiger partial charge in [-0.1, -0.05) is 0 Å². The fourth-order valence-electron chi connectivity index (χ4n) is 2.71. The largest absolute Gasteiger partial charge is 0.494 e. The second-order valence-electron chi connectivity index (χ2n) is 5.48. The Morgan fingerprint density at radius 2 is 1.96 bits per heavy atom. The molecule has 0 bridgehead atoms. The van der Waals surface area contributed by atoms with Gasteiger partial charge in [0.1, 0.15) is 11.6 Å². The van der Waals surface area contributed by atoms with Crippen molar-refractivity contribution >= 4 is 17.4 Å². The van der Waals surface area contributed by atoms with Crippen LogP contribution in [0.15, 0.2) is 42.6 Å². The Morgan fingerprint density at radius 3 is 2.65 bits per heavy atom. The number of ether oxygens (including phenoxy) is 1. The van der Waals surface area contributed by atoms with E-state index in [2.05, 4.69) is 10.3 Å². The maximum absolute atomic E-state index is 12.6. The number of carbonyl (C=O) groups excluding carboxylic acids is 1. The molecule has 1 aliphatic heterocycles. The van der Waals surface area contributed by atoms with E-state index < -0.39 is 0 Å². The smallest absolute Gasteiger partial charge is 0.257 e. The summed E-state index contributed by atoms with van der Waals surface area (Å²) in [5.74, 6) is 1.46. The third-order valence-corrected chi connectivity index (χ3v) is 3.86. The van der Waals surface area contributed by atoms with Crippen molar-refractivity contribution in [1.82, 2.24) is 9.88 Å². The quantitative estimate of drug-likeness (QED) is 0.919. The molecule has 0 saturated carbocycles. The first kappa shape index (κ1) is 15.3. The van der Waals surface area contributed by atoms with Crippen molar-refractivity contribution in [1.29, 1.82) is 0 Å². The van der Waals surface area contributed by atoms with Crippen LogP contribution in [-0.4, -0.2) is 35.5 Å². The molecular weight excluding hydrogens is 290 g/mol. The molecule has 1 aliphatic rings. The SMILES string of the molecule is CCOc1ccc(Nc2ncccc2C(=O)N2CCCC2)cc1. The second-order valence-corrected chi connectivity index (χ2v) is 5.48. The van der Waals surface area contributed by atoms with E-state index in [4.69, 9.17) is 4.74 Å². The average molecular weight is 311 g/mol. The molecule has 120 valence electrons. The Morgan fingerprint density at radius 1 is 1.22 bits per heavy atom. The first-order valence-electron chi connectivity index (χ1n) is 8.02. The van der Waals surface area contributed by atoms with Crippen LogP contribution in [0.1, 0.15) is 30.1 Å². The van der Waals surface area contributed by atoms with Gasteiger partial charge >= 0.3 is 0 Å². The lowest BCUT2D eigenvalue weighted by molar-refractivity contribution is 0.0793. The average Bonchev–Trinajstić information content (AvgIpc) is 3.11. The third-order valence-electron chi connectivity index (χ3n) is 3.86. The maximum Gasteiger partial charge on any atom is 0.257 e. The van der Waals surface area contributed by atoms with Gasteiger partial charge in [-0.25, -0.2) is 4.98 Å². The molecule has 0 unspecified atom stereocenters. The van der Waals surface area contributed by atoms with E-state index in [-0.39, 0.29) is 5.91 Å². The van der Waals surface area contributed by atoms with Crippen molar-refractivity contribution < 1.29 is 9.53 Å². The zero-order chi connectivity index (χ0) is 16.1. The molecule has 1 saturated heterocycles. The molecule has 0 radical (unpaired) electrons. The summed E-state index contributed by atoms with van der Waals surface area (Å²) < 4.78 is 5.44. The van der Waals surface area contributed by atoms with Gasteiger partial charge < -0.3 is 15.0 Å². The number of aromatic nitrogens is 1. The highest BCUT2D eigenvalue weighted by atomic mass is 16.5. The highest BCUT2D eigenvalue weighted by Gasteiger charge is 2.22. The molecule has 3 rings (SSSR count). The number of pyridine rings is 1. The zero-order valence-corrected chi connectivity index (χ0v) is 13.3. The Kier molecular flexibility index (Phi) is 4.76. The monoisotopic (exact) mass is 311 g/mol. The van der Waals surface area contributed by atoms with Gasteiger partial charge in [0, 0.05) is 25.0 Å². The van der Waals surface area contributed by atoms with Crippen LogP contribution in [0.3, 0.4) is 0 Å². The summed E-state index contributed by atoms with van der Waals surface area (Å²) in [7, 11) is 0. The molecule has 23 heavy (non-hydrogen) atoms. The lowest BCUT2D eigenvalue weighted by Gasteiger charge is -2.17. The molecule has 1 N–H and O–H groups in total. The molecule has 0 spiro atoms. The molecule has 0 atom stereocenters. The van der Waals surface area contributed by atoms with Crippen LogP contribution in [0.2, 0.25) is 0 Å². The van der Waals surface area contributed by atoms with E-state index >= 15 is 0 Å². The second kappa shape index (κ2) is 7.13. The number of amides is 1. The standard InChI is InChI=1S/C18H21N3O2/c1-2-23-15-9-7-14(8-10-15)20-17-16(6-5-11-19-17)18(22)21-12-3-4-13-21/h5-11H,2-4,12-13H2,1H3,(H,19,20). The van der Waals surface area contributed by atoms with Gasteiger partial charge in [-0.3, -0.25) is 4.79 Å². The number of nitrogens with zero attached hydrogens (tertiary/aromatic N) is 2. The minimum absolute atomic E-state index is 0.0454. The molecule has 2 heterocycles. The summed E-state index contributed by atoms with van der Waals surface area (Å²) in [5.41, 5.74) is 1.49. The van der Waals surface area contributed by atoms with E-state index in [0.29, 0.717) is 18.0 Å². The number of carbonyl (C=O) groups is 1. The van der Waals surface area contributed by atoms with E-state index in [1.54, 1.807) is 12.3 Å². The van der Waals surface area contributed by atoms with Gasteiger partial charge in [-0.05, 0) is 56.2 Å². The van der Waals surface area contributed by atoms with Gasteiger partial charge in [0.25, 0.3) is 5.91 Å². The highest BCUT2D eigenvalue weighted by molar-refractivity contribution is 5.99. The van der Waals surface area contributed by atoms with Gasteiger partial charge in [-0.15, -0.1) is 0 Å². The van der Waals surface area contributed by atoms with Crippen molar-refractivity contribution in [2.75, 3.05) is 25.0 Å². The summed E-state index contributed by atoms with van der Waals surface area (Å²) in [4.78, 5) is 18.8. The van der Waals surface area contributed by atoms with Crippen LogP contribution in [0, 0.1) is 0 Å². The Balaban J connectivity index is 1.78. The Labute approximate surface area is 136 Å². The van der Waals surface area contributed by atoms with E-state index in [9.17, 15) is 4.79 Å². The molecule has 1 fully saturated rings. The molecule has 2 aromatic rings. The fraction of sp³-hybridized carbons (Fsp3) is 0.333. The van der Waals surface area contributed by atoms with Crippen molar-refractivity contribution in [2.24, 2.45) is 0 Å². The summed E-state index contributed by atoms with van der Waals surface area (Å²) in [6, 6.07) is 11.3. The van der Waals surface area contributed by atoms with Gasteiger partial charge in [0.2, 0.25) is 0 Å². The summed E-state index contributed by atoms with van der Waals surface area (Å²) in [6.07, 6.45) is 3.85.